The highest BCUT2D eigenvalue weighted by Crippen LogP contribution is 2.29. The third-order valence-corrected chi connectivity index (χ3v) is 5.99. The van der Waals surface area contributed by atoms with E-state index in [-0.39, 0.29) is 17.7 Å². The molecule has 2 heterocycles. The van der Waals surface area contributed by atoms with E-state index in [4.69, 9.17) is 5.73 Å². The van der Waals surface area contributed by atoms with Crippen LogP contribution in [0.5, 0.6) is 0 Å². The quantitative estimate of drug-likeness (QED) is 0.340. The van der Waals surface area contributed by atoms with E-state index in [0.29, 0.717) is 10.7 Å². The summed E-state index contributed by atoms with van der Waals surface area (Å²) in [6.45, 7) is 1.85. The molecule has 0 spiro atoms. The lowest BCUT2D eigenvalue weighted by Gasteiger charge is -2.19. The summed E-state index contributed by atoms with van der Waals surface area (Å²) in [7, 11) is 0. The van der Waals surface area contributed by atoms with Crippen molar-refractivity contribution in [3.05, 3.63) is 89.6 Å². The van der Waals surface area contributed by atoms with E-state index >= 15 is 0 Å². The molecule has 2 aromatic heterocycles. The molecule has 0 saturated heterocycles. The molecule has 0 aliphatic rings. The molecule has 4 rings (SSSR count). The Labute approximate surface area is 200 Å². The monoisotopic (exact) mass is 472 g/mol. The number of nitrogens with two attached hydrogens (primary N) is 1. The van der Waals surface area contributed by atoms with Crippen LogP contribution < -0.4 is 16.4 Å². The van der Waals surface area contributed by atoms with Gasteiger partial charge < -0.3 is 16.4 Å². The van der Waals surface area contributed by atoms with E-state index in [1.807, 2.05) is 55.5 Å². The van der Waals surface area contributed by atoms with Crippen molar-refractivity contribution in [2.45, 2.75) is 19.4 Å². The Morgan fingerprint density at radius 1 is 1.12 bits per heavy atom. The summed E-state index contributed by atoms with van der Waals surface area (Å²) in [5.41, 5.74) is 9.96. The van der Waals surface area contributed by atoms with Crippen LogP contribution in [-0.2, 0) is 11.2 Å². The average molecular weight is 473 g/mol. The Morgan fingerprint density at radius 3 is 2.44 bits per heavy atom. The standard InChI is InChI=1S/C25H21FN6OS/c1-15-10-24(34-32-15)31-21-13-22(20(26)12-19(21)14-27)30-23(25(28)33)11-16-2-4-17(5-3-16)18-6-8-29-9-7-18/h2-10,12-13,23,30-31H,11H2,1H3,(H2,28,33)/t23-/m1/s1. The van der Waals surface area contributed by atoms with Crippen molar-refractivity contribution in [1.82, 2.24) is 9.36 Å². The van der Waals surface area contributed by atoms with Crippen LogP contribution in [0, 0.1) is 24.1 Å². The molecule has 170 valence electrons. The van der Waals surface area contributed by atoms with Gasteiger partial charge in [0, 0.05) is 18.8 Å². The molecule has 0 saturated carbocycles. The number of amides is 1. The zero-order chi connectivity index (χ0) is 24.1. The second kappa shape index (κ2) is 10.1. The first-order valence-electron chi connectivity index (χ1n) is 10.4. The molecule has 0 radical (unpaired) electrons. The van der Waals surface area contributed by atoms with Gasteiger partial charge in [0.05, 0.1) is 22.6 Å². The van der Waals surface area contributed by atoms with Gasteiger partial charge in [0.2, 0.25) is 5.91 Å². The van der Waals surface area contributed by atoms with E-state index in [0.717, 1.165) is 28.5 Å². The number of aryl methyl sites for hydroxylation is 1. The number of anilines is 3. The number of nitrogens with zero attached hydrogens (tertiary/aromatic N) is 3. The zero-order valence-corrected chi connectivity index (χ0v) is 19.1. The summed E-state index contributed by atoms with van der Waals surface area (Å²) in [5, 5.41) is 16.1. The van der Waals surface area contributed by atoms with Gasteiger partial charge in [-0.1, -0.05) is 24.3 Å². The Hall–Kier alpha value is -4.29. The Morgan fingerprint density at radius 2 is 1.82 bits per heavy atom. The SMILES string of the molecule is Cc1cc(Nc2cc(N[C@H](Cc3ccc(-c4ccncc4)cc3)C(N)=O)c(F)cc2C#N)sn1. The second-order valence-corrected chi connectivity index (χ2v) is 8.49. The highest BCUT2D eigenvalue weighted by molar-refractivity contribution is 7.10. The van der Waals surface area contributed by atoms with Crippen molar-refractivity contribution in [2.24, 2.45) is 5.73 Å². The number of carbonyl (C=O) groups excluding carboxylic acids is 1. The lowest BCUT2D eigenvalue weighted by molar-refractivity contribution is -0.118. The highest BCUT2D eigenvalue weighted by atomic mass is 32.1. The molecule has 2 aromatic carbocycles. The Kier molecular flexibility index (Phi) is 6.80. The molecular weight excluding hydrogens is 451 g/mol. The van der Waals surface area contributed by atoms with Crippen molar-refractivity contribution < 1.29 is 9.18 Å². The van der Waals surface area contributed by atoms with Crippen LogP contribution in [0.3, 0.4) is 0 Å². The Balaban J connectivity index is 1.55. The summed E-state index contributed by atoms with van der Waals surface area (Å²) in [4.78, 5) is 16.2. The largest absolute Gasteiger partial charge is 0.371 e. The van der Waals surface area contributed by atoms with Crippen molar-refractivity contribution in [3.63, 3.8) is 0 Å². The van der Waals surface area contributed by atoms with Crippen molar-refractivity contribution in [3.8, 4) is 17.2 Å². The number of hydrogen-bond acceptors (Lipinski definition) is 7. The smallest absolute Gasteiger partial charge is 0.240 e. The molecule has 0 unspecified atom stereocenters. The van der Waals surface area contributed by atoms with E-state index in [9.17, 15) is 14.4 Å². The van der Waals surface area contributed by atoms with E-state index in [1.54, 1.807) is 12.4 Å². The van der Waals surface area contributed by atoms with Crippen molar-refractivity contribution in [1.29, 1.82) is 5.26 Å². The lowest BCUT2D eigenvalue weighted by atomic mass is 10.0. The van der Waals surface area contributed by atoms with Gasteiger partial charge in [0.25, 0.3) is 0 Å². The van der Waals surface area contributed by atoms with Gasteiger partial charge >= 0.3 is 0 Å². The third kappa shape index (κ3) is 5.36. The molecule has 1 atom stereocenters. The fraction of sp³-hybridized carbons (Fsp3) is 0.120. The number of aromatic nitrogens is 2. The van der Waals surface area contributed by atoms with Gasteiger partial charge in [-0.05, 0) is 65.5 Å². The lowest BCUT2D eigenvalue weighted by Crippen LogP contribution is -2.37. The number of rotatable bonds is 8. The van der Waals surface area contributed by atoms with Crippen LogP contribution in [0.1, 0.15) is 16.8 Å². The number of nitrogens with one attached hydrogen (secondary N) is 2. The minimum absolute atomic E-state index is 0.0694. The third-order valence-electron chi connectivity index (χ3n) is 5.19. The second-order valence-electron chi connectivity index (χ2n) is 7.68. The summed E-state index contributed by atoms with van der Waals surface area (Å²) >= 11 is 1.23. The van der Waals surface area contributed by atoms with Crippen molar-refractivity contribution >= 4 is 33.8 Å². The van der Waals surface area contributed by atoms with Crippen LogP contribution in [0.25, 0.3) is 11.1 Å². The van der Waals surface area contributed by atoms with Gasteiger partial charge in [0.15, 0.2) is 0 Å². The van der Waals surface area contributed by atoms with Gasteiger partial charge in [-0.2, -0.15) is 9.64 Å². The number of carbonyl (C=O) groups is 1. The van der Waals surface area contributed by atoms with Crippen LogP contribution in [0.15, 0.2) is 67.0 Å². The minimum atomic E-state index is -0.854. The molecule has 34 heavy (non-hydrogen) atoms. The summed E-state index contributed by atoms with van der Waals surface area (Å²) in [6, 6.07) is 17.1. The summed E-state index contributed by atoms with van der Waals surface area (Å²) in [5.74, 6) is -1.27. The molecule has 0 fully saturated rings. The van der Waals surface area contributed by atoms with Gasteiger partial charge in [-0.15, -0.1) is 0 Å². The molecule has 4 aromatic rings. The van der Waals surface area contributed by atoms with Gasteiger partial charge in [0.1, 0.15) is 22.9 Å². The summed E-state index contributed by atoms with van der Waals surface area (Å²) < 4.78 is 18.9. The predicted molar refractivity (Wildman–Crippen MR) is 131 cm³/mol. The van der Waals surface area contributed by atoms with Crippen molar-refractivity contribution in [2.75, 3.05) is 10.6 Å². The highest BCUT2D eigenvalue weighted by Gasteiger charge is 2.19. The predicted octanol–water partition coefficient (Wildman–Crippen LogP) is 4.78. The van der Waals surface area contributed by atoms with Gasteiger partial charge in [-0.3, -0.25) is 9.78 Å². The summed E-state index contributed by atoms with van der Waals surface area (Å²) in [6.07, 6.45) is 3.71. The average Bonchev–Trinajstić information content (AvgIpc) is 3.25. The number of nitriles is 1. The van der Waals surface area contributed by atoms with Crippen LogP contribution >= 0.6 is 11.5 Å². The number of hydrogen-bond donors (Lipinski definition) is 3. The minimum Gasteiger partial charge on any atom is -0.371 e. The first-order valence-corrected chi connectivity index (χ1v) is 11.2. The molecule has 4 N–H and O–H groups in total. The molecule has 0 bridgehead atoms. The van der Waals surface area contributed by atoms with Crippen LogP contribution in [-0.4, -0.2) is 21.3 Å². The number of benzene rings is 2. The molecule has 9 heteroatoms. The molecular formula is C25H21FN6OS. The van der Waals surface area contributed by atoms with E-state index in [1.165, 1.54) is 17.6 Å². The number of halogens is 1. The van der Waals surface area contributed by atoms with Crippen LogP contribution in [0.2, 0.25) is 0 Å². The molecule has 0 aliphatic carbocycles. The molecule has 1 amide bonds. The molecule has 7 nitrogen and oxygen atoms in total. The maximum absolute atomic E-state index is 14.8. The van der Waals surface area contributed by atoms with Gasteiger partial charge in [-0.25, -0.2) is 4.39 Å². The fourth-order valence-electron chi connectivity index (χ4n) is 3.46. The normalized spacial score (nSPS) is 11.4. The van der Waals surface area contributed by atoms with E-state index in [2.05, 4.69) is 20.0 Å². The fourth-order valence-corrected chi connectivity index (χ4v) is 4.13. The number of primary amides is 1. The first kappa shape index (κ1) is 22.9. The zero-order valence-electron chi connectivity index (χ0n) is 18.2. The topological polar surface area (TPSA) is 117 Å². The first-order chi connectivity index (χ1) is 16.4. The maximum Gasteiger partial charge on any atom is 0.240 e. The Bertz CT molecular complexity index is 1350. The van der Waals surface area contributed by atoms with E-state index < -0.39 is 17.8 Å². The molecule has 0 aliphatic heterocycles. The van der Waals surface area contributed by atoms with Crippen LogP contribution in [0.4, 0.5) is 20.8 Å². The number of pyridine rings is 1. The maximum atomic E-state index is 14.8.